The van der Waals surface area contributed by atoms with Crippen LogP contribution < -0.4 is 15.5 Å². The average molecular weight is 521 g/mol. The molecule has 0 amide bonds. The molecule has 3 aromatic rings. The summed E-state index contributed by atoms with van der Waals surface area (Å²) in [6.45, 7) is 4.61. The molecule has 198 valence electrons. The first kappa shape index (κ1) is 25.6. The van der Waals surface area contributed by atoms with Crippen LogP contribution in [0.1, 0.15) is 25.6 Å². The number of nitrogens with two attached hydrogens (primary N) is 1. The molecule has 11 heteroatoms. The van der Waals surface area contributed by atoms with Crippen LogP contribution in [0.15, 0.2) is 42.6 Å². The fourth-order valence-corrected chi connectivity index (χ4v) is 4.85. The molecule has 4 heterocycles. The summed E-state index contributed by atoms with van der Waals surface area (Å²) in [6, 6.07) is 10.9. The quantitative estimate of drug-likeness (QED) is 0.502. The zero-order chi connectivity index (χ0) is 26.7. The van der Waals surface area contributed by atoms with Gasteiger partial charge in [0.25, 0.3) is 5.92 Å². The Hall–Kier alpha value is -4.04. The van der Waals surface area contributed by atoms with Crippen molar-refractivity contribution >= 4 is 17.3 Å². The number of benzene rings is 1. The molecule has 2 aliphatic rings. The van der Waals surface area contributed by atoms with E-state index in [0.717, 1.165) is 24.5 Å². The third-order valence-electron chi connectivity index (χ3n) is 6.97. The maximum Gasteiger partial charge on any atom is 0.261 e. The highest BCUT2D eigenvalue weighted by Gasteiger charge is 2.37. The first-order valence-corrected chi connectivity index (χ1v) is 12.6. The highest BCUT2D eigenvalue weighted by atomic mass is 19.3. The van der Waals surface area contributed by atoms with E-state index in [-0.39, 0.29) is 31.3 Å². The van der Waals surface area contributed by atoms with Gasteiger partial charge in [0.15, 0.2) is 5.82 Å². The second-order valence-corrected chi connectivity index (χ2v) is 9.69. The number of aromatic nitrogens is 4. The molecule has 2 aliphatic heterocycles. The predicted octanol–water partition coefficient (Wildman–Crippen LogP) is 3.02. The van der Waals surface area contributed by atoms with Crippen molar-refractivity contribution in [2.75, 3.05) is 54.8 Å². The Bertz CT molecular complexity index is 1360. The van der Waals surface area contributed by atoms with E-state index in [0.29, 0.717) is 42.5 Å². The number of alkyl halides is 2. The van der Waals surface area contributed by atoms with Crippen molar-refractivity contribution in [3.05, 3.63) is 48.4 Å². The number of phenolic OH excluding ortho intramolecular Hbond substituents is 1. The lowest BCUT2D eigenvalue weighted by atomic mass is 10.1. The van der Waals surface area contributed by atoms with Gasteiger partial charge in [0.1, 0.15) is 11.6 Å². The number of hydrogen-bond acceptors (Lipinski definition) is 9. The van der Waals surface area contributed by atoms with Crippen molar-refractivity contribution in [3.8, 4) is 28.8 Å². The minimum atomic E-state index is -2.63. The Morgan fingerprint density at radius 2 is 1.97 bits per heavy atom. The number of halogens is 2. The molecular formula is C27H30F2N8O. The van der Waals surface area contributed by atoms with Gasteiger partial charge in [-0.25, -0.2) is 18.7 Å². The third-order valence-corrected chi connectivity index (χ3v) is 6.97. The minimum Gasteiger partial charge on any atom is -0.507 e. The smallest absolute Gasteiger partial charge is 0.261 e. The van der Waals surface area contributed by atoms with E-state index in [4.69, 9.17) is 5.73 Å². The standard InChI is InChI=1S/C27H30F2N8O/c1-19-9-13-36(22-17-21(33-34-26(22)30)20-5-2-3-6-23(20)38)15-16-37(19)25-8-11-31-24(32-25)7-4-12-35-14-10-27(28,29)18-35/h2-3,5-6,8,11,17,19,38H,9-10,12-16,18H2,1H3,(H2,30,34). The van der Waals surface area contributed by atoms with Crippen LogP contribution >= 0.6 is 0 Å². The number of para-hydroxylation sites is 1. The highest BCUT2D eigenvalue weighted by Crippen LogP contribution is 2.32. The predicted molar refractivity (Wildman–Crippen MR) is 142 cm³/mol. The number of hydrogen-bond donors (Lipinski definition) is 2. The minimum absolute atomic E-state index is 0.123. The first-order chi connectivity index (χ1) is 18.3. The molecule has 0 bridgehead atoms. The molecule has 2 saturated heterocycles. The monoisotopic (exact) mass is 520 g/mol. The Kier molecular flexibility index (Phi) is 7.24. The summed E-state index contributed by atoms with van der Waals surface area (Å²) in [5.41, 5.74) is 8.14. The number of nitrogens with zero attached hydrogens (tertiary/aromatic N) is 7. The van der Waals surface area contributed by atoms with Gasteiger partial charge in [-0.15, -0.1) is 10.2 Å². The zero-order valence-corrected chi connectivity index (χ0v) is 21.2. The second-order valence-electron chi connectivity index (χ2n) is 9.69. The molecule has 2 fully saturated rings. The van der Waals surface area contributed by atoms with Gasteiger partial charge in [0.05, 0.1) is 24.5 Å². The Morgan fingerprint density at radius 3 is 2.76 bits per heavy atom. The summed E-state index contributed by atoms with van der Waals surface area (Å²) >= 11 is 0. The maximum absolute atomic E-state index is 13.4. The molecule has 9 nitrogen and oxygen atoms in total. The Morgan fingerprint density at radius 1 is 1.13 bits per heavy atom. The number of rotatable bonds is 4. The summed E-state index contributed by atoms with van der Waals surface area (Å²) in [5.74, 6) is 4.85. The van der Waals surface area contributed by atoms with Crippen LogP contribution in [-0.4, -0.2) is 81.4 Å². The summed E-state index contributed by atoms with van der Waals surface area (Å²) in [5, 5.41) is 18.6. The lowest BCUT2D eigenvalue weighted by Gasteiger charge is -2.28. The van der Waals surface area contributed by atoms with Crippen LogP contribution in [0, 0.1) is 11.8 Å². The van der Waals surface area contributed by atoms with Gasteiger partial charge in [-0.3, -0.25) is 4.90 Å². The fourth-order valence-electron chi connectivity index (χ4n) is 4.85. The normalized spacial score (nSPS) is 19.6. The van der Waals surface area contributed by atoms with Crippen LogP contribution in [0.5, 0.6) is 5.75 Å². The molecule has 3 N–H and O–H groups in total. The third kappa shape index (κ3) is 5.75. The SMILES string of the molecule is CC1CCN(c2cc(-c3ccccc3O)nnc2N)CCN1c1ccnc(C#CCN2CCC(F)(F)C2)n1. The largest absolute Gasteiger partial charge is 0.507 e. The van der Waals surface area contributed by atoms with E-state index >= 15 is 0 Å². The second kappa shape index (κ2) is 10.8. The van der Waals surface area contributed by atoms with Crippen LogP contribution in [-0.2, 0) is 0 Å². The van der Waals surface area contributed by atoms with Crippen LogP contribution in [0.3, 0.4) is 0 Å². The van der Waals surface area contributed by atoms with Crippen LogP contribution in [0.4, 0.5) is 26.1 Å². The summed E-state index contributed by atoms with van der Waals surface area (Å²) < 4.78 is 26.8. The lowest BCUT2D eigenvalue weighted by Crippen LogP contribution is -2.35. The van der Waals surface area contributed by atoms with Crippen molar-refractivity contribution in [2.24, 2.45) is 0 Å². The first-order valence-electron chi connectivity index (χ1n) is 12.6. The molecule has 0 spiro atoms. The highest BCUT2D eigenvalue weighted by molar-refractivity contribution is 5.74. The number of nitrogen functional groups attached to an aromatic ring is 1. The molecule has 1 unspecified atom stereocenters. The number of likely N-dealkylation sites (tertiary alicyclic amines) is 1. The Balaban J connectivity index is 1.29. The number of anilines is 3. The summed E-state index contributed by atoms with van der Waals surface area (Å²) in [4.78, 5) is 14.9. The molecule has 0 saturated carbocycles. The van der Waals surface area contributed by atoms with Gasteiger partial charge < -0.3 is 20.6 Å². The van der Waals surface area contributed by atoms with Gasteiger partial charge in [-0.2, -0.15) is 0 Å². The van der Waals surface area contributed by atoms with Crippen molar-refractivity contribution in [3.63, 3.8) is 0 Å². The Labute approximate surface area is 220 Å². The van der Waals surface area contributed by atoms with Crippen molar-refractivity contribution < 1.29 is 13.9 Å². The zero-order valence-electron chi connectivity index (χ0n) is 21.2. The van der Waals surface area contributed by atoms with Crippen LogP contribution in [0.2, 0.25) is 0 Å². The molecule has 2 aromatic heterocycles. The van der Waals surface area contributed by atoms with Gasteiger partial charge in [0, 0.05) is 50.4 Å². The number of phenols is 1. The summed E-state index contributed by atoms with van der Waals surface area (Å²) in [7, 11) is 0. The molecular weight excluding hydrogens is 490 g/mol. The van der Waals surface area contributed by atoms with E-state index in [1.165, 1.54) is 0 Å². The van der Waals surface area contributed by atoms with E-state index < -0.39 is 5.92 Å². The van der Waals surface area contributed by atoms with E-state index in [9.17, 15) is 13.9 Å². The van der Waals surface area contributed by atoms with E-state index in [1.54, 1.807) is 29.3 Å². The van der Waals surface area contributed by atoms with Crippen molar-refractivity contribution in [1.82, 2.24) is 25.1 Å². The van der Waals surface area contributed by atoms with Gasteiger partial charge in [-0.1, -0.05) is 18.1 Å². The molecule has 38 heavy (non-hydrogen) atoms. The topological polar surface area (TPSA) is 108 Å². The number of aromatic hydroxyl groups is 1. The fraction of sp³-hybridized carbons (Fsp3) is 0.407. The molecule has 0 aliphatic carbocycles. The van der Waals surface area contributed by atoms with Gasteiger partial charge in [-0.05, 0) is 43.5 Å². The molecule has 1 aromatic carbocycles. The van der Waals surface area contributed by atoms with Crippen LogP contribution in [0.25, 0.3) is 11.3 Å². The van der Waals surface area contributed by atoms with Gasteiger partial charge in [0.2, 0.25) is 5.82 Å². The van der Waals surface area contributed by atoms with E-state index in [1.807, 2.05) is 18.2 Å². The van der Waals surface area contributed by atoms with Crippen molar-refractivity contribution in [1.29, 1.82) is 0 Å². The van der Waals surface area contributed by atoms with Gasteiger partial charge >= 0.3 is 0 Å². The van der Waals surface area contributed by atoms with E-state index in [2.05, 4.69) is 48.7 Å². The molecule has 0 radical (unpaired) electrons. The summed E-state index contributed by atoms with van der Waals surface area (Å²) in [6.07, 6.45) is 2.40. The van der Waals surface area contributed by atoms with Crippen molar-refractivity contribution in [2.45, 2.75) is 31.7 Å². The maximum atomic E-state index is 13.4. The molecule has 5 rings (SSSR count). The molecule has 1 atom stereocenters. The lowest BCUT2D eigenvalue weighted by molar-refractivity contribution is 0.0135. The average Bonchev–Trinajstić information content (AvgIpc) is 3.13.